The zero-order valence-corrected chi connectivity index (χ0v) is 12.2. The van der Waals surface area contributed by atoms with E-state index in [9.17, 15) is 9.59 Å². The lowest BCUT2D eigenvalue weighted by atomic mass is 9.90. The second-order valence-corrected chi connectivity index (χ2v) is 5.34. The summed E-state index contributed by atoms with van der Waals surface area (Å²) in [6.45, 7) is 2.60. The SMILES string of the molecule is CC[C@@H]1CN(C(=O)OCc2ccccc2)C[C@@H]1C(=O)CO. The van der Waals surface area contributed by atoms with Crippen molar-refractivity contribution in [1.29, 1.82) is 0 Å². The molecule has 0 aromatic heterocycles. The Hall–Kier alpha value is -1.88. The van der Waals surface area contributed by atoms with E-state index in [1.54, 1.807) is 4.90 Å². The molecule has 2 atom stereocenters. The van der Waals surface area contributed by atoms with Gasteiger partial charge in [0.1, 0.15) is 13.2 Å². The van der Waals surface area contributed by atoms with Crippen LogP contribution in [0, 0.1) is 11.8 Å². The van der Waals surface area contributed by atoms with Crippen LogP contribution in [-0.2, 0) is 16.1 Å². The standard InChI is InChI=1S/C16H21NO4/c1-2-13-8-17(9-14(13)15(19)10-18)16(20)21-11-12-6-4-3-5-7-12/h3-7,13-14,18H,2,8-11H2,1H3/t13-,14+/m1/s1. The van der Waals surface area contributed by atoms with Crippen molar-refractivity contribution in [2.75, 3.05) is 19.7 Å². The molecule has 1 aliphatic heterocycles. The van der Waals surface area contributed by atoms with Gasteiger partial charge in [0.05, 0.1) is 0 Å². The minimum Gasteiger partial charge on any atom is -0.445 e. The lowest BCUT2D eigenvalue weighted by molar-refractivity contribution is -0.126. The number of likely N-dealkylation sites (tertiary alicyclic amines) is 1. The third-order valence-electron chi connectivity index (χ3n) is 4.00. The molecular formula is C16H21NO4. The van der Waals surface area contributed by atoms with Crippen LogP contribution in [0.1, 0.15) is 18.9 Å². The van der Waals surface area contributed by atoms with Gasteiger partial charge in [0, 0.05) is 19.0 Å². The van der Waals surface area contributed by atoms with E-state index in [1.807, 2.05) is 37.3 Å². The summed E-state index contributed by atoms with van der Waals surface area (Å²) in [6.07, 6.45) is 0.407. The molecule has 0 bridgehead atoms. The van der Waals surface area contributed by atoms with Crippen LogP contribution in [0.5, 0.6) is 0 Å². The molecule has 1 aromatic carbocycles. The summed E-state index contributed by atoms with van der Waals surface area (Å²) >= 11 is 0. The summed E-state index contributed by atoms with van der Waals surface area (Å²) in [4.78, 5) is 25.3. The van der Waals surface area contributed by atoms with Crippen molar-refractivity contribution in [2.24, 2.45) is 11.8 Å². The van der Waals surface area contributed by atoms with Gasteiger partial charge in [0.25, 0.3) is 0 Å². The van der Waals surface area contributed by atoms with Crippen LogP contribution in [-0.4, -0.2) is 41.6 Å². The number of aliphatic hydroxyl groups is 1. The van der Waals surface area contributed by atoms with Gasteiger partial charge < -0.3 is 14.7 Å². The summed E-state index contributed by atoms with van der Waals surface area (Å²) in [5.74, 6) is -0.363. The van der Waals surface area contributed by atoms with Gasteiger partial charge in [-0.05, 0) is 11.5 Å². The smallest absolute Gasteiger partial charge is 0.410 e. The molecule has 0 radical (unpaired) electrons. The number of nitrogens with zero attached hydrogens (tertiary/aromatic N) is 1. The Morgan fingerprint density at radius 3 is 2.62 bits per heavy atom. The zero-order chi connectivity index (χ0) is 15.2. The number of hydrogen-bond acceptors (Lipinski definition) is 4. The van der Waals surface area contributed by atoms with Gasteiger partial charge in [-0.1, -0.05) is 43.7 Å². The molecule has 5 nitrogen and oxygen atoms in total. The van der Waals surface area contributed by atoms with Crippen LogP contribution in [0.15, 0.2) is 30.3 Å². The van der Waals surface area contributed by atoms with Gasteiger partial charge in [0.15, 0.2) is 5.78 Å². The van der Waals surface area contributed by atoms with Crippen LogP contribution in [0.25, 0.3) is 0 Å². The van der Waals surface area contributed by atoms with Gasteiger partial charge >= 0.3 is 6.09 Å². The molecule has 1 N–H and O–H groups in total. The Morgan fingerprint density at radius 2 is 2.00 bits per heavy atom. The zero-order valence-electron chi connectivity index (χ0n) is 12.2. The second-order valence-electron chi connectivity index (χ2n) is 5.34. The van der Waals surface area contributed by atoms with Crippen molar-refractivity contribution in [2.45, 2.75) is 20.0 Å². The molecule has 0 unspecified atom stereocenters. The summed E-state index contributed by atoms with van der Waals surface area (Å²) in [5.41, 5.74) is 0.931. The van der Waals surface area contributed by atoms with E-state index in [0.29, 0.717) is 13.1 Å². The first-order chi connectivity index (χ1) is 10.2. The number of Topliss-reactive ketones (excluding diaryl/α,β-unsaturated/α-hetero) is 1. The van der Waals surface area contributed by atoms with Crippen molar-refractivity contribution in [3.8, 4) is 0 Å². The molecule has 2 rings (SSSR count). The fourth-order valence-electron chi connectivity index (χ4n) is 2.73. The van der Waals surface area contributed by atoms with Crippen LogP contribution in [0.4, 0.5) is 4.79 Å². The number of ether oxygens (including phenoxy) is 1. The van der Waals surface area contributed by atoms with Crippen LogP contribution in [0.3, 0.4) is 0 Å². The molecule has 1 fully saturated rings. The molecule has 0 aliphatic carbocycles. The number of aliphatic hydroxyl groups excluding tert-OH is 1. The van der Waals surface area contributed by atoms with Gasteiger partial charge in [-0.25, -0.2) is 4.79 Å². The lowest BCUT2D eigenvalue weighted by Crippen LogP contribution is -2.30. The number of rotatable bonds is 5. The lowest BCUT2D eigenvalue weighted by Gasteiger charge is -2.16. The number of ketones is 1. The normalized spacial score (nSPS) is 21.3. The maximum atomic E-state index is 12.1. The van der Waals surface area contributed by atoms with E-state index >= 15 is 0 Å². The van der Waals surface area contributed by atoms with Crippen LogP contribution in [0.2, 0.25) is 0 Å². The van der Waals surface area contributed by atoms with Crippen molar-refractivity contribution in [1.82, 2.24) is 4.90 Å². The van der Waals surface area contributed by atoms with Crippen molar-refractivity contribution >= 4 is 11.9 Å². The third-order valence-corrected chi connectivity index (χ3v) is 4.00. The highest BCUT2D eigenvalue weighted by Crippen LogP contribution is 2.27. The monoisotopic (exact) mass is 291 g/mol. The maximum Gasteiger partial charge on any atom is 0.410 e. The number of amides is 1. The first-order valence-electron chi connectivity index (χ1n) is 7.24. The van der Waals surface area contributed by atoms with E-state index in [2.05, 4.69) is 0 Å². The van der Waals surface area contributed by atoms with E-state index in [0.717, 1.165) is 12.0 Å². The number of hydrogen-bond donors (Lipinski definition) is 1. The van der Waals surface area contributed by atoms with Gasteiger partial charge in [-0.2, -0.15) is 0 Å². The maximum absolute atomic E-state index is 12.1. The van der Waals surface area contributed by atoms with Gasteiger partial charge in [0.2, 0.25) is 0 Å². The molecule has 5 heteroatoms. The summed E-state index contributed by atoms with van der Waals surface area (Å²) in [6, 6.07) is 9.47. The Morgan fingerprint density at radius 1 is 1.29 bits per heavy atom. The Bertz CT molecular complexity index is 488. The minimum atomic E-state index is -0.464. The predicted octanol–water partition coefficient (Wildman–Crippen LogP) is 1.84. The van der Waals surface area contributed by atoms with E-state index in [4.69, 9.17) is 9.84 Å². The molecular weight excluding hydrogens is 270 g/mol. The number of benzene rings is 1. The Kier molecular flexibility index (Phi) is 5.33. The first-order valence-corrected chi connectivity index (χ1v) is 7.24. The Labute approximate surface area is 124 Å². The molecule has 1 amide bonds. The largest absolute Gasteiger partial charge is 0.445 e. The topological polar surface area (TPSA) is 66.8 Å². The minimum absolute atomic E-state index is 0.105. The van der Waals surface area contributed by atoms with E-state index in [1.165, 1.54) is 0 Å². The van der Waals surface area contributed by atoms with E-state index in [-0.39, 0.29) is 24.2 Å². The Balaban J connectivity index is 1.90. The number of carbonyl (C=O) groups is 2. The average molecular weight is 291 g/mol. The molecule has 1 aliphatic rings. The fraction of sp³-hybridized carbons (Fsp3) is 0.500. The quantitative estimate of drug-likeness (QED) is 0.899. The summed E-state index contributed by atoms with van der Waals surface area (Å²) in [5, 5.41) is 9.00. The molecule has 1 aromatic rings. The molecule has 0 saturated carbocycles. The molecule has 21 heavy (non-hydrogen) atoms. The van der Waals surface area contributed by atoms with E-state index < -0.39 is 12.7 Å². The van der Waals surface area contributed by atoms with Crippen molar-refractivity contribution in [3.05, 3.63) is 35.9 Å². The molecule has 0 spiro atoms. The fourth-order valence-corrected chi connectivity index (χ4v) is 2.73. The highest BCUT2D eigenvalue weighted by molar-refractivity contribution is 5.83. The highest BCUT2D eigenvalue weighted by atomic mass is 16.6. The summed E-state index contributed by atoms with van der Waals surface area (Å²) in [7, 11) is 0. The van der Waals surface area contributed by atoms with Gasteiger partial charge in [-0.3, -0.25) is 4.79 Å². The van der Waals surface area contributed by atoms with Crippen molar-refractivity contribution in [3.63, 3.8) is 0 Å². The van der Waals surface area contributed by atoms with Crippen molar-refractivity contribution < 1.29 is 19.4 Å². The molecule has 114 valence electrons. The molecule has 1 saturated heterocycles. The highest BCUT2D eigenvalue weighted by Gasteiger charge is 2.38. The number of carbonyl (C=O) groups excluding carboxylic acids is 2. The predicted molar refractivity (Wildman–Crippen MR) is 77.6 cm³/mol. The third kappa shape index (κ3) is 3.82. The van der Waals surface area contributed by atoms with Crippen LogP contribution < -0.4 is 0 Å². The first kappa shape index (κ1) is 15.5. The summed E-state index contributed by atoms with van der Waals surface area (Å²) < 4.78 is 5.28. The van der Waals surface area contributed by atoms with Gasteiger partial charge in [-0.15, -0.1) is 0 Å². The average Bonchev–Trinajstić information content (AvgIpc) is 2.97. The van der Waals surface area contributed by atoms with Crippen LogP contribution >= 0.6 is 0 Å². The second kappa shape index (κ2) is 7.22. The molecule has 1 heterocycles.